The maximum Gasteiger partial charge on any atom is 0.317 e. The summed E-state index contributed by atoms with van der Waals surface area (Å²) in [5, 5.41) is 21.2. The van der Waals surface area contributed by atoms with Gasteiger partial charge in [-0.15, -0.1) is 0 Å². The molecule has 2 rings (SSSR count). The molecule has 2 N–H and O–H groups in total. The zero-order valence-electron chi connectivity index (χ0n) is 34.4. The third-order valence-electron chi connectivity index (χ3n) is 10.5. The fraction of sp³-hybridized carbons (Fsp3) is 0.605. The summed E-state index contributed by atoms with van der Waals surface area (Å²) in [4.78, 5) is 68.3. The molecule has 0 heterocycles. The molecular weight excluding hydrogens is 724 g/mol. The number of ether oxygens (including phenoxy) is 6. The summed E-state index contributed by atoms with van der Waals surface area (Å²) < 4.78 is 33.5. The van der Waals surface area contributed by atoms with Gasteiger partial charge in [0, 0.05) is 6.61 Å². The zero-order chi connectivity index (χ0) is 42.0. The van der Waals surface area contributed by atoms with Gasteiger partial charge < -0.3 is 38.6 Å². The highest BCUT2D eigenvalue weighted by Crippen LogP contribution is 2.52. The highest BCUT2D eigenvalue weighted by atomic mass is 16.6. The Bertz CT molecular complexity index is 1570. The minimum Gasteiger partial charge on any atom is -0.481 e. The first kappa shape index (κ1) is 47.8. The van der Waals surface area contributed by atoms with Crippen LogP contribution >= 0.6 is 0 Å². The lowest BCUT2D eigenvalue weighted by Gasteiger charge is -2.44. The number of carbonyl (C=O) groups excluding carboxylic acids is 3. The van der Waals surface area contributed by atoms with E-state index in [0.29, 0.717) is 32.2 Å². The fourth-order valence-corrected chi connectivity index (χ4v) is 7.15. The second-order valence-corrected chi connectivity index (χ2v) is 15.8. The molecule has 13 heteroatoms. The van der Waals surface area contributed by atoms with Crippen LogP contribution in [-0.4, -0.2) is 86.3 Å². The van der Waals surface area contributed by atoms with E-state index in [9.17, 15) is 34.2 Å². The van der Waals surface area contributed by atoms with Gasteiger partial charge >= 0.3 is 29.8 Å². The molecule has 2 aromatic rings. The van der Waals surface area contributed by atoms with Crippen molar-refractivity contribution in [3.63, 3.8) is 0 Å². The molecule has 312 valence electrons. The number of hydrogen-bond acceptors (Lipinski definition) is 11. The second kappa shape index (κ2) is 21.8. The Morgan fingerprint density at radius 1 is 0.464 bits per heavy atom. The van der Waals surface area contributed by atoms with E-state index in [1.165, 1.54) is 27.7 Å². The lowest BCUT2D eigenvalue weighted by atomic mass is 9.59. The largest absolute Gasteiger partial charge is 0.481 e. The van der Waals surface area contributed by atoms with Crippen molar-refractivity contribution in [1.29, 1.82) is 0 Å². The molecule has 13 nitrogen and oxygen atoms in total. The van der Waals surface area contributed by atoms with Gasteiger partial charge in [-0.05, 0) is 104 Å². The standard InChI is InChI=1S/C43H62O13/c1-9-39(4,34(44)45)28-43(8,38(50)56-33-20-16-13-17-21-33)31-42(7,36(48)54-27-26-53-25-24-52-23-22-51-11-3)30-41(6,35(46)47)29-40(5,10-2)37(49)55-32-18-14-12-15-19-32/h12-21H,9-11,22-31H2,1-8H3,(H,44,45)(H,46,47). The van der Waals surface area contributed by atoms with Crippen LogP contribution in [0, 0.1) is 27.1 Å². The molecule has 0 saturated heterocycles. The van der Waals surface area contributed by atoms with Crippen LogP contribution in [0.3, 0.4) is 0 Å². The molecule has 0 aromatic heterocycles. The molecule has 0 aliphatic carbocycles. The maximum atomic E-state index is 14.4. The summed E-state index contributed by atoms with van der Waals surface area (Å²) in [6, 6.07) is 16.7. The van der Waals surface area contributed by atoms with Crippen molar-refractivity contribution in [3.05, 3.63) is 60.7 Å². The molecule has 0 aliphatic rings. The quantitative estimate of drug-likeness (QED) is 0.0520. The molecule has 5 atom stereocenters. The highest BCUT2D eigenvalue weighted by Gasteiger charge is 2.55. The number of carboxylic acid groups (broad SMARTS) is 2. The highest BCUT2D eigenvalue weighted by molar-refractivity contribution is 5.85. The molecule has 0 amide bonds. The van der Waals surface area contributed by atoms with Crippen LogP contribution in [-0.2, 0) is 42.9 Å². The number of hydrogen-bond donors (Lipinski definition) is 2. The number of carboxylic acids is 2. The van der Waals surface area contributed by atoms with E-state index >= 15 is 0 Å². The van der Waals surface area contributed by atoms with Gasteiger partial charge in [0.05, 0.1) is 60.1 Å². The molecule has 0 radical (unpaired) electrons. The third-order valence-corrected chi connectivity index (χ3v) is 10.5. The Balaban J connectivity index is 2.55. The van der Waals surface area contributed by atoms with Crippen LogP contribution in [0.1, 0.15) is 93.9 Å². The first-order valence-electron chi connectivity index (χ1n) is 19.2. The topological polar surface area (TPSA) is 181 Å². The van der Waals surface area contributed by atoms with Gasteiger partial charge in [0.2, 0.25) is 0 Å². The molecular formula is C43H62O13. The predicted molar refractivity (Wildman–Crippen MR) is 208 cm³/mol. The monoisotopic (exact) mass is 786 g/mol. The van der Waals surface area contributed by atoms with E-state index < -0.39 is 56.9 Å². The smallest absolute Gasteiger partial charge is 0.317 e. The van der Waals surface area contributed by atoms with Crippen LogP contribution in [0.4, 0.5) is 0 Å². The molecule has 56 heavy (non-hydrogen) atoms. The summed E-state index contributed by atoms with van der Waals surface area (Å²) in [7, 11) is 0. The van der Waals surface area contributed by atoms with Gasteiger partial charge in [0.1, 0.15) is 18.1 Å². The number of carbonyl (C=O) groups is 5. The lowest BCUT2D eigenvalue weighted by Crippen LogP contribution is -2.49. The van der Waals surface area contributed by atoms with Crippen molar-refractivity contribution in [2.45, 2.75) is 93.9 Å². The number of rotatable bonds is 27. The number of aliphatic carboxylic acids is 2. The number of esters is 3. The average Bonchev–Trinajstić information content (AvgIpc) is 3.15. The van der Waals surface area contributed by atoms with Crippen molar-refractivity contribution >= 4 is 29.8 Å². The van der Waals surface area contributed by atoms with Crippen LogP contribution in [0.25, 0.3) is 0 Å². The van der Waals surface area contributed by atoms with E-state index in [1.807, 2.05) is 6.92 Å². The summed E-state index contributed by atoms with van der Waals surface area (Å²) in [6.07, 6.45) is -0.852. The van der Waals surface area contributed by atoms with Crippen LogP contribution in [0.5, 0.6) is 11.5 Å². The zero-order valence-corrected chi connectivity index (χ0v) is 34.4. The fourth-order valence-electron chi connectivity index (χ4n) is 7.15. The molecule has 0 bridgehead atoms. The SMILES string of the molecule is CCOCCOCCOCCOC(=O)C(C)(CC(C)(CC(C)(CC)C(=O)Oc1ccccc1)C(=O)O)CC(C)(CC(C)(CC)C(=O)O)C(=O)Oc1ccccc1. The van der Waals surface area contributed by atoms with Crippen molar-refractivity contribution < 1.29 is 62.6 Å². The lowest BCUT2D eigenvalue weighted by molar-refractivity contribution is -0.170. The van der Waals surface area contributed by atoms with E-state index in [4.69, 9.17) is 28.4 Å². The van der Waals surface area contributed by atoms with Gasteiger partial charge in [-0.3, -0.25) is 24.0 Å². The second-order valence-electron chi connectivity index (χ2n) is 15.8. The molecule has 5 unspecified atom stereocenters. The Kier molecular flexibility index (Phi) is 18.6. The molecule has 0 aliphatic heterocycles. The maximum absolute atomic E-state index is 14.4. The van der Waals surface area contributed by atoms with Crippen LogP contribution in [0.2, 0.25) is 0 Å². The normalized spacial score (nSPS) is 16.8. The first-order valence-corrected chi connectivity index (χ1v) is 19.2. The van der Waals surface area contributed by atoms with E-state index in [2.05, 4.69) is 0 Å². The first-order chi connectivity index (χ1) is 26.3. The molecule has 0 fully saturated rings. The summed E-state index contributed by atoms with van der Waals surface area (Å²) in [5.74, 6) is -4.17. The summed E-state index contributed by atoms with van der Waals surface area (Å²) in [5.41, 5.74) is -7.88. The number of benzene rings is 2. The van der Waals surface area contributed by atoms with Gasteiger partial charge in [0.15, 0.2) is 0 Å². The summed E-state index contributed by atoms with van der Waals surface area (Å²) in [6.45, 7) is 14.7. The van der Waals surface area contributed by atoms with Crippen molar-refractivity contribution in [1.82, 2.24) is 0 Å². The molecule has 0 saturated carbocycles. The molecule has 0 spiro atoms. The van der Waals surface area contributed by atoms with Crippen molar-refractivity contribution in [3.8, 4) is 11.5 Å². The Labute approximate surface area is 331 Å². The van der Waals surface area contributed by atoms with Gasteiger partial charge in [-0.2, -0.15) is 0 Å². The third kappa shape index (κ3) is 14.0. The van der Waals surface area contributed by atoms with Crippen molar-refractivity contribution in [2.75, 3.05) is 46.2 Å². The predicted octanol–water partition coefficient (Wildman–Crippen LogP) is 7.39. The van der Waals surface area contributed by atoms with Gasteiger partial charge in [-0.25, -0.2) is 0 Å². The Morgan fingerprint density at radius 3 is 1.25 bits per heavy atom. The van der Waals surface area contributed by atoms with Crippen LogP contribution in [0.15, 0.2) is 60.7 Å². The average molecular weight is 787 g/mol. The van der Waals surface area contributed by atoms with Crippen molar-refractivity contribution in [2.24, 2.45) is 27.1 Å². The van der Waals surface area contributed by atoms with E-state index in [0.717, 1.165) is 0 Å². The number of para-hydroxylation sites is 2. The van der Waals surface area contributed by atoms with E-state index in [1.54, 1.807) is 81.4 Å². The minimum absolute atomic E-state index is 0.00626. The summed E-state index contributed by atoms with van der Waals surface area (Å²) >= 11 is 0. The van der Waals surface area contributed by atoms with Crippen LogP contribution < -0.4 is 9.47 Å². The Morgan fingerprint density at radius 2 is 0.821 bits per heavy atom. The van der Waals surface area contributed by atoms with E-state index in [-0.39, 0.29) is 64.1 Å². The minimum atomic E-state index is -1.76. The van der Waals surface area contributed by atoms with Gasteiger partial charge in [-0.1, -0.05) is 50.2 Å². The van der Waals surface area contributed by atoms with Gasteiger partial charge in [0.25, 0.3) is 0 Å². The Hall–Kier alpha value is -4.33. The molecule has 2 aromatic carbocycles.